The van der Waals surface area contributed by atoms with Crippen molar-refractivity contribution < 1.29 is 19.8 Å². The summed E-state index contributed by atoms with van der Waals surface area (Å²) < 4.78 is 0. The second-order valence-electron chi connectivity index (χ2n) is 3.63. The molecule has 0 aliphatic heterocycles. The molecule has 0 bridgehead atoms. The number of unbranched alkanes of at least 4 members (excludes halogenated alkanes) is 2. The van der Waals surface area contributed by atoms with Gasteiger partial charge >= 0.3 is 63.3 Å². The van der Waals surface area contributed by atoms with E-state index < -0.39 is 17.9 Å². The van der Waals surface area contributed by atoms with Gasteiger partial charge in [-0.3, -0.25) is 9.59 Å². The van der Waals surface area contributed by atoms with Crippen LogP contribution in [0.2, 0.25) is 0 Å². The van der Waals surface area contributed by atoms with Crippen molar-refractivity contribution in [3.05, 3.63) is 0 Å². The van der Waals surface area contributed by atoms with Crippen LogP contribution < -0.4 is 0 Å². The molecule has 84 valence electrons. The molecule has 1 atom stereocenters. The molecule has 0 aromatic heterocycles. The average Bonchev–Trinajstić information content (AvgIpc) is 2.03. The van der Waals surface area contributed by atoms with Gasteiger partial charge in [0.05, 0.1) is 0 Å². The average molecular weight is 242 g/mol. The third-order valence-electron chi connectivity index (χ3n) is 2.36. The number of carboxylic acids is 2. The van der Waals surface area contributed by atoms with Gasteiger partial charge < -0.3 is 10.2 Å². The van der Waals surface area contributed by atoms with E-state index in [0.717, 1.165) is 19.3 Å². The number of hydrogen-bond acceptors (Lipinski definition) is 2. The Kier molecular flexibility index (Phi) is 11.7. The second kappa shape index (κ2) is 9.78. The molecule has 0 aromatic rings. The van der Waals surface area contributed by atoms with E-state index in [9.17, 15) is 9.59 Å². The van der Waals surface area contributed by atoms with E-state index in [1.54, 1.807) is 6.92 Å². The normalized spacial score (nSPS) is 11.9. The van der Waals surface area contributed by atoms with Gasteiger partial charge in [0.15, 0.2) is 5.92 Å². The summed E-state index contributed by atoms with van der Waals surface area (Å²) in [4.78, 5) is 21.3. The number of hydrogen-bond donors (Lipinski definition) is 2. The summed E-state index contributed by atoms with van der Waals surface area (Å²) in [6.07, 6.45) is 3.64. The monoisotopic (exact) mass is 242 g/mol. The van der Waals surface area contributed by atoms with Crippen molar-refractivity contribution in [2.24, 2.45) is 11.8 Å². The Bertz CT molecular complexity index is 192. The number of rotatable bonds is 7. The van der Waals surface area contributed by atoms with Crippen molar-refractivity contribution in [3.63, 3.8) is 0 Å². The van der Waals surface area contributed by atoms with Crippen LogP contribution in [0.25, 0.3) is 0 Å². The molecule has 0 rings (SSSR count). The Balaban J connectivity index is 0. The quantitative estimate of drug-likeness (QED) is 0.401. The molecule has 0 saturated carbocycles. The molecule has 0 radical (unpaired) electrons. The number of carboxylic acid groups (broad SMARTS) is 2. The van der Waals surface area contributed by atoms with Gasteiger partial charge in [0.25, 0.3) is 0 Å². The van der Waals surface area contributed by atoms with Crippen LogP contribution in [0.1, 0.15) is 39.5 Å². The molecule has 5 heteroatoms. The number of aliphatic carboxylic acids is 2. The fourth-order valence-corrected chi connectivity index (χ4v) is 1.48. The van der Waals surface area contributed by atoms with Crippen molar-refractivity contribution in [1.82, 2.24) is 0 Å². The first kappa shape index (κ1) is 18.0. The molecule has 4 nitrogen and oxygen atoms in total. The van der Waals surface area contributed by atoms with Gasteiger partial charge in [0.1, 0.15) is 0 Å². The SMILES string of the molecule is CCCCCC(C)C(C(=O)O)C(=O)O.[KH]. The summed E-state index contributed by atoms with van der Waals surface area (Å²) in [6, 6.07) is 0. The van der Waals surface area contributed by atoms with Gasteiger partial charge in [-0.2, -0.15) is 0 Å². The van der Waals surface area contributed by atoms with E-state index in [4.69, 9.17) is 10.2 Å². The Morgan fingerprint density at radius 2 is 1.60 bits per heavy atom. The molecular weight excluding hydrogens is 223 g/mol. The minimum atomic E-state index is -1.26. The maximum absolute atomic E-state index is 10.6. The molecule has 15 heavy (non-hydrogen) atoms. The predicted molar refractivity (Wildman–Crippen MR) is 59.2 cm³/mol. The van der Waals surface area contributed by atoms with Gasteiger partial charge in [-0.25, -0.2) is 0 Å². The Labute approximate surface area is 133 Å². The first-order chi connectivity index (χ1) is 6.50. The number of carbonyl (C=O) groups is 2. The van der Waals surface area contributed by atoms with Crippen molar-refractivity contribution >= 4 is 63.3 Å². The summed E-state index contributed by atoms with van der Waals surface area (Å²) in [5.74, 6) is -4.02. The zero-order chi connectivity index (χ0) is 11.1. The molecule has 0 aliphatic carbocycles. The van der Waals surface area contributed by atoms with Crippen LogP contribution in [0.4, 0.5) is 0 Å². The molecule has 2 N–H and O–H groups in total. The topological polar surface area (TPSA) is 74.6 Å². The van der Waals surface area contributed by atoms with Gasteiger partial charge in [0, 0.05) is 0 Å². The molecule has 1 unspecified atom stereocenters. The molecule has 0 heterocycles. The van der Waals surface area contributed by atoms with Crippen LogP contribution in [0, 0.1) is 11.8 Å². The fraction of sp³-hybridized carbons (Fsp3) is 0.800. The predicted octanol–water partition coefficient (Wildman–Crippen LogP) is 1.34. The van der Waals surface area contributed by atoms with Crippen molar-refractivity contribution in [1.29, 1.82) is 0 Å². The summed E-state index contributed by atoms with van der Waals surface area (Å²) in [6.45, 7) is 3.74. The molecule has 0 saturated heterocycles. The standard InChI is InChI=1S/C10H18O4.K.H/c1-3-4-5-6-7(2)8(9(11)12)10(13)14;;/h7-8H,3-6H2,1-2H3,(H,11,12)(H,13,14);;. The summed E-state index contributed by atoms with van der Waals surface area (Å²) in [7, 11) is 0. The summed E-state index contributed by atoms with van der Waals surface area (Å²) in [5, 5.41) is 17.4. The van der Waals surface area contributed by atoms with Crippen LogP contribution >= 0.6 is 0 Å². The third kappa shape index (κ3) is 7.46. The molecular formula is C10H19KO4. The van der Waals surface area contributed by atoms with E-state index in [1.165, 1.54) is 0 Å². The third-order valence-corrected chi connectivity index (χ3v) is 2.36. The molecule has 0 aromatic carbocycles. The van der Waals surface area contributed by atoms with Crippen LogP contribution in [-0.4, -0.2) is 73.5 Å². The molecule has 0 amide bonds. The van der Waals surface area contributed by atoms with Crippen molar-refractivity contribution in [2.45, 2.75) is 39.5 Å². The van der Waals surface area contributed by atoms with E-state index in [-0.39, 0.29) is 57.3 Å². The first-order valence-electron chi connectivity index (χ1n) is 4.96. The van der Waals surface area contributed by atoms with Gasteiger partial charge in [-0.1, -0.05) is 33.1 Å². The van der Waals surface area contributed by atoms with Crippen molar-refractivity contribution in [3.8, 4) is 0 Å². The van der Waals surface area contributed by atoms with Crippen LogP contribution in [0.3, 0.4) is 0 Å². The van der Waals surface area contributed by atoms with Gasteiger partial charge in [0.2, 0.25) is 0 Å². The zero-order valence-electron chi connectivity index (χ0n) is 8.69. The maximum atomic E-state index is 10.6. The van der Waals surface area contributed by atoms with Crippen LogP contribution in [-0.2, 0) is 9.59 Å². The van der Waals surface area contributed by atoms with Gasteiger partial charge in [-0.15, -0.1) is 0 Å². The Morgan fingerprint density at radius 3 is 1.93 bits per heavy atom. The second-order valence-corrected chi connectivity index (χ2v) is 3.63. The first-order valence-corrected chi connectivity index (χ1v) is 4.96. The van der Waals surface area contributed by atoms with Crippen molar-refractivity contribution in [2.75, 3.05) is 0 Å². The van der Waals surface area contributed by atoms with Gasteiger partial charge in [-0.05, 0) is 12.3 Å². The van der Waals surface area contributed by atoms with Crippen LogP contribution in [0.15, 0.2) is 0 Å². The molecule has 0 aliphatic rings. The Hall–Kier alpha value is 0.576. The summed E-state index contributed by atoms with van der Waals surface area (Å²) in [5.41, 5.74) is 0. The van der Waals surface area contributed by atoms with E-state index in [1.807, 2.05) is 0 Å². The Morgan fingerprint density at radius 1 is 1.13 bits per heavy atom. The van der Waals surface area contributed by atoms with E-state index in [0.29, 0.717) is 6.42 Å². The van der Waals surface area contributed by atoms with E-state index in [2.05, 4.69) is 6.92 Å². The fourth-order valence-electron chi connectivity index (χ4n) is 1.48. The minimum absolute atomic E-state index is 0. The van der Waals surface area contributed by atoms with E-state index >= 15 is 0 Å². The summed E-state index contributed by atoms with van der Waals surface area (Å²) >= 11 is 0. The molecule has 0 fully saturated rings. The molecule has 0 spiro atoms. The zero-order valence-corrected chi connectivity index (χ0v) is 8.69. The van der Waals surface area contributed by atoms with Crippen LogP contribution in [0.5, 0.6) is 0 Å².